The molecule has 0 aromatic carbocycles. The fourth-order valence-corrected chi connectivity index (χ4v) is 3.35. The lowest BCUT2D eigenvalue weighted by atomic mass is 10.1. The number of rotatable bonds is 4. The summed E-state index contributed by atoms with van der Waals surface area (Å²) in [5, 5.41) is 8.31. The van der Waals surface area contributed by atoms with Crippen molar-refractivity contribution in [2.24, 2.45) is 0 Å². The van der Waals surface area contributed by atoms with E-state index < -0.39 is 0 Å². The zero-order chi connectivity index (χ0) is 14.1. The number of ether oxygens (including phenoxy) is 1. The average molecular weight is 279 g/mol. The van der Waals surface area contributed by atoms with Crippen molar-refractivity contribution in [1.29, 1.82) is 0 Å². The van der Waals surface area contributed by atoms with Gasteiger partial charge in [-0.3, -0.25) is 0 Å². The molecule has 1 fully saturated rings. The van der Waals surface area contributed by atoms with Crippen LogP contribution in [0.4, 0.5) is 0 Å². The standard InChI is InChI=1S/C14H25N5O/c1-10-7-11(8-18(10)2)15-12-5-4-6-19-14(12)16-13(17-19)9-20-3/h10-12,15H,4-9H2,1-3H3/t10-,11-,12+/m1/s1. The van der Waals surface area contributed by atoms with Crippen LogP contribution in [0.3, 0.4) is 0 Å². The molecule has 3 atom stereocenters. The molecule has 1 N–H and O–H groups in total. The lowest BCUT2D eigenvalue weighted by molar-refractivity contribution is 0.177. The highest BCUT2D eigenvalue weighted by atomic mass is 16.5. The van der Waals surface area contributed by atoms with Crippen molar-refractivity contribution in [3.05, 3.63) is 11.6 Å². The summed E-state index contributed by atoms with van der Waals surface area (Å²) in [6, 6.07) is 1.57. The molecule has 2 aliphatic heterocycles. The molecule has 2 aliphatic rings. The van der Waals surface area contributed by atoms with Gasteiger partial charge < -0.3 is 15.0 Å². The molecule has 1 aromatic heterocycles. The van der Waals surface area contributed by atoms with Crippen LogP contribution in [0.15, 0.2) is 0 Å². The summed E-state index contributed by atoms with van der Waals surface area (Å²) >= 11 is 0. The minimum Gasteiger partial charge on any atom is -0.377 e. The Hall–Kier alpha value is -0.980. The number of nitrogens with zero attached hydrogens (tertiary/aromatic N) is 4. The van der Waals surface area contributed by atoms with Gasteiger partial charge in [-0.15, -0.1) is 0 Å². The Labute approximate surface area is 120 Å². The van der Waals surface area contributed by atoms with Crippen molar-refractivity contribution in [1.82, 2.24) is 25.0 Å². The third-order valence-electron chi connectivity index (χ3n) is 4.52. The average Bonchev–Trinajstić information content (AvgIpc) is 2.95. The van der Waals surface area contributed by atoms with Crippen LogP contribution in [0.5, 0.6) is 0 Å². The second-order valence-corrected chi connectivity index (χ2v) is 6.13. The highest BCUT2D eigenvalue weighted by Gasteiger charge is 2.31. The molecule has 0 radical (unpaired) electrons. The smallest absolute Gasteiger partial charge is 0.176 e. The molecule has 112 valence electrons. The van der Waals surface area contributed by atoms with Crippen molar-refractivity contribution in [2.45, 2.75) is 57.5 Å². The Balaban J connectivity index is 1.70. The molecule has 1 aromatic rings. The van der Waals surface area contributed by atoms with Crippen molar-refractivity contribution in [3.8, 4) is 0 Å². The molecule has 3 heterocycles. The van der Waals surface area contributed by atoms with Gasteiger partial charge in [-0.2, -0.15) is 5.10 Å². The summed E-state index contributed by atoms with van der Waals surface area (Å²) < 4.78 is 7.19. The third kappa shape index (κ3) is 2.73. The van der Waals surface area contributed by atoms with E-state index in [1.807, 2.05) is 0 Å². The van der Waals surface area contributed by atoms with Gasteiger partial charge in [0.05, 0.1) is 6.04 Å². The first-order chi connectivity index (χ1) is 9.67. The minimum absolute atomic E-state index is 0.338. The van der Waals surface area contributed by atoms with Crippen LogP contribution < -0.4 is 5.32 Å². The molecule has 0 bridgehead atoms. The molecular formula is C14H25N5O. The lowest BCUT2D eigenvalue weighted by Gasteiger charge is -2.26. The van der Waals surface area contributed by atoms with Crippen LogP contribution in [0.1, 0.15) is 43.9 Å². The van der Waals surface area contributed by atoms with Crippen LogP contribution in [-0.4, -0.2) is 52.5 Å². The fourth-order valence-electron chi connectivity index (χ4n) is 3.35. The number of likely N-dealkylation sites (tertiary alicyclic amines) is 1. The largest absolute Gasteiger partial charge is 0.377 e. The molecule has 0 unspecified atom stereocenters. The summed E-state index contributed by atoms with van der Waals surface area (Å²) in [7, 11) is 3.89. The van der Waals surface area contributed by atoms with Gasteiger partial charge in [-0.1, -0.05) is 0 Å². The summed E-state index contributed by atoms with van der Waals surface area (Å²) in [4.78, 5) is 7.07. The van der Waals surface area contributed by atoms with E-state index in [4.69, 9.17) is 4.74 Å². The zero-order valence-electron chi connectivity index (χ0n) is 12.7. The molecule has 0 saturated carbocycles. The van der Waals surface area contributed by atoms with E-state index in [1.165, 1.54) is 12.8 Å². The van der Waals surface area contributed by atoms with Gasteiger partial charge in [-0.05, 0) is 33.2 Å². The molecule has 0 spiro atoms. The monoisotopic (exact) mass is 279 g/mol. The molecular weight excluding hydrogens is 254 g/mol. The van der Waals surface area contributed by atoms with E-state index in [9.17, 15) is 0 Å². The number of hydrogen-bond donors (Lipinski definition) is 1. The quantitative estimate of drug-likeness (QED) is 0.889. The van der Waals surface area contributed by atoms with Crippen LogP contribution in [-0.2, 0) is 17.9 Å². The number of methoxy groups -OCH3 is 1. The van der Waals surface area contributed by atoms with Gasteiger partial charge in [0.15, 0.2) is 5.82 Å². The Morgan fingerprint density at radius 1 is 1.45 bits per heavy atom. The first kappa shape index (κ1) is 14.0. The topological polar surface area (TPSA) is 55.2 Å². The number of aromatic nitrogens is 3. The van der Waals surface area contributed by atoms with E-state index in [2.05, 4.69) is 39.0 Å². The predicted molar refractivity (Wildman–Crippen MR) is 76.3 cm³/mol. The minimum atomic E-state index is 0.338. The maximum Gasteiger partial charge on any atom is 0.176 e. The van der Waals surface area contributed by atoms with E-state index in [0.717, 1.165) is 31.2 Å². The molecule has 0 amide bonds. The van der Waals surface area contributed by atoms with E-state index >= 15 is 0 Å². The maximum absolute atomic E-state index is 5.14. The fraction of sp³-hybridized carbons (Fsp3) is 0.857. The number of hydrogen-bond acceptors (Lipinski definition) is 5. The SMILES string of the molecule is COCc1nc2n(n1)CCC[C@@H]2N[C@@H]1C[C@@H](C)N(C)C1. The summed E-state index contributed by atoms with van der Waals surface area (Å²) in [6.07, 6.45) is 3.53. The first-order valence-electron chi connectivity index (χ1n) is 7.56. The van der Waals surface area contributed by atoms with Crippen molar-refractivity contribution in [3.63, 3.8) is 0 Å². The van der Waals surface area contributed by atoms with E-state index in [1.54, 1.807) is 7.11 Å². The van der Waals surface area contributed by atoms with Crippen molar-refractivity contribution >= 4 is 0 Å². The highest BCUT2D eigenvalue weighted by molar-refractivity contribution is 5.03. The van der Waals surface area contributed by atoms with Gasteiger partial charge in [0.25, 0.3) is 0 Å². The Kier molecular flexibility index (Phi) is 4.05. The predicted octanol–water partition coefficient (Wildman–Crippen LogP) is 0.942. The Bertz CT molecular complexity index is 450. The number of likely N-dealkylation sites (N-methyl/N-ethyl adjacent to an activating group) is 1. The van der Waals surface area contributed by atoms with Gasteiger partial charge >= 0.3 is 0 Å². The van der Waals surface area contributed by atoms with Gasteiger partial charge in [0.1, 0.15) is 12.4 Å². The first-order valence-corrected chi connectivity index (χ1v) is 7.56. The molecule has 1 saturated heterocycles. The van der Waals surface area contributed by atoms with Gasteiger partial charge in [0.2, 0.25) is 0 Å². The van der Waals surface area contributed by atoms with E-state index in [0.29, 0.717) is 24.7 Å². The Morgan fingerprint density at radius 2 is 2.30 bits per heavy atom. The number of fused-ring (bicyclic) bond motifs is 1. The van der Waals surface area contributed by atoms with Crippen LogP contribution in [0.25, 0.3) is 0 Å². The molecule has 0 aliphatic carbocycles. The molecule has 6 nitrogen and oxygen atoms in total. The second kappa shape index (κ2) is 5.79. The summed E-state index contributed by atoms with van der Waals surface area (Å²) in [5.41, 5.74) is 0. The van der Waals surface area contributed by atoms with Crippen LogP contribution in [0, 0.1) is 0 Å². The number of aryl methyl sites for hydroxylation is 1. The normalized spacial score (nSPS) is 30.6. The molecule has 3 rings (SSSR count). The van der Waals surface area contributed by atoms with Crippen LogP contribution in [0.2, 0.25) is 0 Å². The van der Waals surface area contributed by atoms with Crippen molar-refractivity contribution < 1.29 is 4.74 Å². The molecule has 6 heteroatoms. The van der Waals surface area contributed by atoms with Gasteiger partial charge in [0, 0.05) is 32.3 Å². The van der Waals surface area contributed by atoms with Crippen molar-refractivity contribution in [2.75, 3.05) is 20.7 Å². The van der Waals surface area contributed by atoms with Gasteiger partial charge in [-0.25, -0.2) is 9.67 Å². The highest BCUT2D eigenvalue weighted by Crippen LogP contribution is 2.26. The Morgan fingerprint density at radius 3 is 3.00 bits per heavy atom. The van der Waals surface area contributed by atoms with E-state index in [-0.39, 0.29) is 0 Å². The summed E-state index contributed by atoms with van der Waals surface area (Å²) in [5.74, 6) is 1.89. The third-order valence-corrected chi connectivity index (χ3v) is 4.52. The lowest BCUT2D eigenvalue weighted by Crippen LogP contribution is -2.37. The zero-order valence-corrected chi connectivity index (χ0v) is 12.7. The number of nitrogens with one attached hydrogen (secondary N) is 1. The van der Waals surface area contributed by atoms with Crippen LogP contribution >= 0.6 is 0 Å². The molecule has 20 heavy (non-hydrogen) atoms. The second-order valence-electron chi connectivity index (χ2n) is 6.13. The maximum atomic E-state index is 5.14. The summed E-state index contributed by atoms with van der Waals surface area (Å²) in [6.45, 7) is 4.89.